The smallest absolute Gasteiger partial charge is 0.187 e. The number of hydrogen-bond donors (Lipinski definition) is 0. The number of aryl methyl sites for hydroxylation is 1. The number of ketones is 1. The number of carbonyl (C=O) groups excluding carboxylic acids is 1. The molecule has 0 aliphatic heterocycles. The van der Waals surface area contributed by atoms with Gasteiger partial charge in [-0.2, -0.15) is 0 Å². The Morgan fingerprint density at radius 3 is 2.56 bits per heavy atom. The maximum absolute atomic E-state index is 12.3. The first-order valence-corrected chi connectivity index (χ1v) is 7.15. The number of carbonyl (C=O) groups is 1. The van der Waals surface area contributed by atoms with Gasteiger partial charge >= 0.3 is 0 Å². The molecular formula is C15H25NO2. The highest BCUT2D eigenvalue weighted by atomic mass is 16.3. The van der Waals surface area contributed by atoms with E-state index in [0.29, 0.717) is 11.5 Å². The number of rotatable bonds is 9. The van der Waals surface area contributed by atoms with Gasteiger partial charge in [0.25, 0.3) is 0 Å². The molecule has 3 heteroatoms. The second-order valence-corrected chi connectivity index (χ2v) is 4.93. The van der Waals surface area contributed by atoms with Crippen molar-refractivity contribution in [3.8, 4) is 0 Å². The number of unbranched alkanes of at least 4 members (excludes halogenated alkanes) is 4. The van der Waals surface area contributed by atoms with Crippen LogP contribution in [0.1, 0.15) is 75.0 Å². The lowest BCUT2D eigenvalue weighted by atomic mass is 9.92. The van der Waals surface area contributed by atoms with Crippen molar-refractivity contribution < 1.29 is 9.21 Å². The molecule has 0 fully saturated rings. The van der Waals surface area contributed by atoms with Crippen molar-refractivity contribution in [2.24, 2.45) is 5.92 Å². The Bertz CT molecular complexity index is 357. The van der Waals surface area contributed by atoms with Crippen molar-refractivity contribution in [2.75, 3.05) is 0 Å². The quantitative estimate of drug-likeness (QED) is 0.477. The van der Waals surface area contributed by atoms with Crippen molar-refractivity contribution >= 4 is 5.78 Å². The lowest BCUT2D eigenvalue weighted by Gasteiger charge is -2.12. The van der Waals surface area contributed by atoms with E-state index < -0.39 is 0 Å². The van der Waals surface area contributed by atoms with E-state index in [1.165, 1.54) is 32.1 Å². The summed E-state index contributed by atoms with van der Waals surface area (Å²) in [7, 11) is 0. The van der Waals surface area contributed by atoms with Crippen LogP contribution in [0, 0.1) is 12.8 Å². The fourth-order valence-electron chi connectivity index (χ4n) is 2.25. The zero-order chi connectivity index (χ0) is 13.4. The molecule has 0 aliphatic carbocycles. The van der Waals surface area contributed by atoms with Crippen LogP contribution in [-0.4, -0.2) is 10.8 Å². The van der Waals surface area contributed by atoms with E-state index in [9.17, 15) is 4.79 Å². The average molecular weight is 251 g/mol. The van der Waals surface area contributed by atoms with Crippen molar-refractivity contribution in [2.45, 2.75) is 65.7 Å². The lowest BCUT2D eigenvalue weighted by molar-refractivity contribution is 0.0901. The van der Waals surface area contributed by atoms with E-state index in [0.717, 1.165) is 19.3 Å². The van der Waals surface area contributed by atoms with E-state index in [-0.39, 0.29) is 11.7 Å². The molecule has 0 saturated carbocycles. The third-order valence-corrected chi connectivity index (χ3v) is 3.50. The zero-order valence-corrected chi connectivity index (χ0v) is 11.9. The average Bonchev–Trinajstić information content (AvgIpc) is 2.79. The third-order valence-electron chi connectivity index (χ3n) is 3.50. The molecule has 0 radical (unpaired) electrons. The second-order valence-electron chi connectivity index (χ2n) is 4.93. The van der Waals surface area contributed by atoms with E-state index in [4.69, 9.17) is 4.42 Å². The first kappa shape index (κ1) is 14.9. The van der Waals surface area contributed by atoms with Gasteiger partial charge in [0.2, 0.25) is 0 Å². The van der Waals surface area contributed by atoms with Crippen LogP contribution >= 0.6 is 0 Å². The van der Waals surface area contributed by atoms with Gasteiger partial charge in [0.15, 0.2) is 12.2 Å². The highest BCUT2D eigenvalue weighted by molar-refractivity contribution is 5.96. The minimum atomic E-state index is 0.107. The molecule has 1 aromatic rings. The molecule has 0 N–H and O–H groups in total. The van der Waals surface area contributed by atoms with Crippen LogP contribution in [0.25, 0.3) is 0 Å². The minimum absolute atomic E-state index is 0.107. The summed E-state index contributed by atoms with van der Waals surface area (Å²) in [6.45, 7) is 6.09. The topological polar surface area (TPSA) is 43.1 Å². The molecule has 0 aromatic carbocycles. The number of Topliss-reactive ketones (excluding diaryl/α,β-unsaturated/α-hetero) is 1. The van der Waals surface area contributed by atoms with Gasteiger partial charge in [-0.3, -0.25) is 4.79 Å². The van der Waals surface area contributed by atoms with E-state index in [1.54, 1.807) is 6.92 Å². The highest BCUT2D eigenvalue weighted by Crippen LogP contribution is 2.20. The molecule has 1 unspecified atom stereocenters. The van der Waals surface area contributed by atoms with Crippen molar-refractivity contribution in [1.82, 2.24) is 4.98 Å². The van der Waals surface area contributed by atoms with E-state index >= 15 is 0 Å². The van der Waals surface area contributed by atoms with Crippen LogP contribution in [-0.2, 0) is 0 Å². The van der Waals surface area contributed by atoms with E-state index in [1.807, 2.05) is 0 Å². The molecule has 0 saturated heterocycles. The van der Waals surface area contributed by atoms with Gasteiger partial charge < -0.3 is 4.42 Å². The van der Waals surface area contributed by atoms with Crippen LogP contribution in [0.4, 0.5) is 0 Å². The SMILES string of the molecule is CCCCCCCC(CC)C(=O)c1ncoc1C. The van der Waals surface area contributed by atoms with Gasteiger partial charge in [0.05, 0.1) is 0 Å². The Morgan fingerprint density at radius 1 is 1.28 bits per heavy atom. The predicted molar refractivity (Wildman–Crippen MR) is 72.7 cm³/mol. The molecule has 1 rings (SSSR count). The zero-order valence-electron chi connectivity index (χ0n) is 11.9. The molecule has 0 aliphatic rings. The Labute approximate surface area is 110 Å². The van der Waals surface area contributed by atoms with Gasteiger partial charge in [-0.05, 0) is 19.8 Å². The molecule has 3 nitrogen and oxygen atoms in total. The molecule has 0 bridgehead atoms. The molecule has 0 amide bonds. The molecule has 102 valence electrons. The Morgan fingerprint density at radius 2 is 2.00 bits per heavy atom. The summed E-state index contributed by atoms with van der Waals surface area (Å²) in [5.41, 5.74) is 0.524. The highest BCUT2D eigenvalue weighted by Gasteiger charge is 2.22. The van der Waals surface area contributed by atoms with E-state index in [2.05, 4.69) is 18.8 Å². The van der Waals surface area contributed by atoms with Crippen molar-refractivity contribution in [3.63, 3.8) is 0 Å². The third kappa shape index (κ3) is 4.28. The fourth-order valence-corrected chi connectivity index (χ4v) is 2.25. The maximum atomic E-state index is 12.3. The van der Waals surface area contributed by atoms with Gasteiger partial charge in [0, 0.05) is 5.92 Å². The van der Waals surface area contributed by atoms with Crippen molar-refractivity contribution in [3.05, 3.63) is 17.8 Å². The standard InChI is InChI=1S/C15H25NO2/c1-4-6-7-8-9-10-13(5-2)15(17)14-12(3)18-11-16-14/h11,13H,4-10H2,1-3H3. The molecular weight excluding hydrogens is 226 g/mol. The summed E-state index contributed by atoms with van der Waals surface area (Å²) >= 11 is 0. The number of oxazole rings is 1. The summed E-state index contributed by atoms with van der Waals surface area (Å²) in [6.07, 6.45) is 9.43. The molecule has 1 atom stereocenters. The number of aromatic nitrogens is 1. The Balaban J connectivity index is 2.41. The number of hydrogen-bond acceptors (Lipinski definition) is 3. The van der Waals surface area contributed by atoms with Crippen LogP contribution in [0.2, 0.25) is 0 Å². The second kappa shape index (κ2) is 8.06. The van der Waals surface area contributed by atoms with Gasteiger partial charge in [0.1, 0.15) is 11.5 Å². The molecule has 1 heterocycles. The number of nitrogens with zero attached hydrogens (tertiary/aromatic N) is 1. The summed E-state index contributed by atoms with van der Waals surface area (Å²) in [6, 6.07) is 0. The van der Waals surface area contributed by atoms with Crippen LogP contribution in [0.15, 0.2) is 10.8 Å². The minimum Gasteiger partial charge on any atom is -0.448 e. The summed E-state index contributed by atoms with van der Waals surface area (Å²) in [5, 5.41) is 0. The summed E-state index contributed by atoms with van der Waals surface area (Å²) in [5.74, 6) is 0.902. The van der Waals surface area contributed by atoms with Crippen LogP contribution < -0.4 is 0 Å². The van der Waals surface area contributed by atoms with Crippen LogP contribution in [0.3, 0.4) is 0 Å². The molecule has 0 spiro atoms. The fraction of sp³-hybridized carbons (Fsp3) is 0.733. The Kier molecular flexibility index (Phi) is 6.69. The van der Waals surface area contributed by atoms with Crippen LogP contribution in [0.5, 0.6) is 0 Å². The first-order chi connectivity index (χ1) is 8.70. The maximum Gasteiger partial charge on any atom is 0.187 e. The van der Waals surface area contributed by atoms with Gasteiger partial charge in [-0.1, -0.05) is 46.0 Å². The lowest BCUT2D eigenvalue weighted by Crippen LogP contribution is -2.15. The first-order valence-electron chi connectivity index (χ1n) is 7.15. The summed E-state index contributed by atoms with van der Waals surface area (Å²) < 4.78 is 5.11. The monoisotopic (exact) mass is 251 g/mol. The normalized spacial score (nSPS) is 12.6. The predicted octanol–water partition coefficient (Wildman–Crippen LogP) is 4.55. The Hall–Kier alpha value is -1.12. The molecule has 1 aromatic heterocycles. The van der Waals surface area contributed by atoms with Crippen molar-refractivity contribution in [1.29, 1.82) is 0 Å². The molecule has 18 heavy (non-hydrogen) atoms. The largest absolute Gasteiger partial charge is 0.448 e. The summed E-state index contributed by atoms with van der Waals surface area (Å²) in [4.78, 5) is 16.3. The van der Waals surface area contributed by atoms with Gasteiger partial charge in [-0.25, -0.2) is 4.98 Å². The van der Waals surface area contributed by atoms with Gasteiger partial charge in [-0.15, -0.1) is 0 Å².